The molecule has 0 aliphatic carbocycles. The van der Waals surface area contributed by atoms with E-state index in [-0.39, 0.29) is 19.4 Å². The predicted octanol–water partition coefficient (Wildman–Crippen LogP) is 2.48. The van der Waals surface area contributed by atoms with Crippen molar-refractivity contribution >= 4 is 34.1 Å². The first kappa shape index (κ1) is 22.3. The number of amides is 1. The summed E-state index contributed by atoms with van der Waals surface area (Å²) < 4.78 is 17.8. The second-order valence-electron chi connectivity index (χ2n) is 7.17. The van der Waals surface area contributed by atoms with Gasteiger partial charge in [-0.05, 0) is 24.8 Å². The Labute approximate surface area is 178 Å². The highest BCUT2D eigenvalue weighted by Crippen LogP contribution is 2.32. The van der Waals surface area contributed by atoms with Crippen LogP contribution in [-0.4, -0.2) is 53.3 Å². The van der Waals surface area contributed by atoms with Crippen LogP contribution in [0.4, 0.5) is 4.39 Å². The van der Waals surface area contributed by atoms with Gasteiger partial charge >= 0.3 is 5.97 Å². The third kappa shape index (κ3) is 4.70. The van der Waals surface area contributed by atoms with Gasteiger partial charge in [0.15, 0.2) is 5.78 Å². The van der Waals surface area contributed by atoms with Gasteiger partial charge in [-0.1, -0.05) is 36.3 Å². The summed E-state index contributed by atoms with van der Waals surface area (Å²) >= 11 is 0. The number of aromatic nitrogens is 1. The summed E-state index contributed by atoms with van der Waals surface area (Å²) in [4.78, 5) is 46.7. The molecule has 1 N–H and O–H groups in total. The maximum absolute atomic E-state index is 13.1. The van der Waals surface area contributed by atoms with Crippen LogP contribution in [0.25, 0.3) is 10.8 Å². The van der Waals surface area contributed by atoms with Crippen LogP contribution in [-0.2, 0) is 24.0 Å². The number of Topliss-reactive ketones (excluding diaryl/α,β-unsaturated/α-hetero) is 1. The van der Waals surface area contributed by atoms with Crippen LogP contribution in [0.5, 0.6) is 0 Å². The van der Waals surface area contributed by atoms with Crippen molar-refractivity contribution in [3.63, 3.8) is 0 Å². The Morgan fingerprint density at radius 3 is 2.74 bits per heavy atom. The van der Waals surface area contributed by atoms with E-state index in [1.54, 1.807) is 20.0 Å². The van der Waals surface area contributed by atoms with Gasteiger partial charge < -0.3 is 14.9 Å². The van der Waals surface area contributed by atoms with E-state index in [1.165, 1.54) is 0 Å². The van der Waals surface area contributed by atoms with Crippen molar-refractivity contribution in [3.05, 3.63) is 42.2 Å². The zero-order chi connectivity index (χ0) is 22.4. The largest absolute Gasteiger partial charge is 0.466 e. The van der Waals surface area contributed by atoms with Gasteiger partial charge in [0.1, 0.15) is 18.4 Å². The number of nitrogens with zero attached hydrogens (tertiary/aromatic N) is 2. The standard InChI is InChI=1S/C22H24FN3O5/c1-3-22(21(29)25-16(18(27)13-23)11-19(28)30-4-2)12-17(26-31-22)20-15-8-6-5-7-14(15)9-10-24-20/h5-10,16H,3-4,11-13H2,1-2H3,(H,25,29). The quantitative estimate of drug-likeness (QED) is 0.614. The highest BCUT2D eigenvalue weighted by atomic mass is 19.1. The van der Waals surface area contributed by atoms with Crippen LogP contribution in [0.1, 0.15) is 38.8 Å². The fourth-order valence-corrected chi connectivity index (χ4v) is 3.44. The van der Waals surface area contributed by atoms with E-state index in [1.807, 2.05) is 30.3 Å². The molecule has 2 heterocycles. The minimum Gasteiger partial charge on any atom is -0.466 e. The van der Waals surface area contributed by atoms with E-state index in [2.05, 4.69) is 15.5 Å². The molecule has 2 aromatic rings. The molecule has 1 aliphatic rings. The van der Waals surface area contributed by atoms with Crippen LogP contribution in [0.15, 0.2) is 41.7 Å². The Hall–Kier alpha value is -3.36. The second-order valence-corrected chi connectivity index (χ2v) is 7.17. The number of carbonyl (C=O) groups is 3. The van der Waals surface area contributed by atoms with Gasteiger partial charge in [-0.3, -0.25) is 19.4 Å². The average Bonchev–Trinajstić information content (AvgIpc) is 3.23. The zero-order valence-electron chi connectivity index (χ0n) is 17.4. The maximum atomic E-state index is 13.1. The number of pyridine rings is 1. The molecule has 0 saturated heterocycles. The summed E-state index contributed by atoms with van der Waals surface area (Å²) in [5, 5.41) is 8.40. The number of halogens is 1. The molecule has 31 heavy (non-hydrogen) atoms. The van der Waals surface area contributed by atoms with Gasteiger partial charge in [-0.2, -0.15) is 0 Å². The number of carbonyl (C=O) groups excluding carboxylic acids is 3. The fraction of sp³-hybridized carbons (Fsp3) is 0.409. The van der Waals surface area contributed by atoms with Gasteiger partial charge in [0.2, 0.25) is 5.60 Å². The predicted molar refractivity (Wildman–Crippen MR) is 111 cm³/mol. The summed E-state index contributed by atoms with van der Waals surface area (Å²) in [5.41, 5.74) is -0.297. The molecular weight excluding hydrogens is 405 g/mol. The lowest BCUT2D eigenvalue weighted by atomic mass is 9.90. The topological polar surface area (TPSA) is 107 Å². The van der Waals surface area contributed by atoms with Crippen molar-refractivity contribution in [3.8, 4) is 0 Å². The molecule has 0 saturated carbocycles. The minimum absolute atomic E-state index is 0.112. The first-order valence-electron chi connectivity index (χ1n) is 10.1. The molecule has 3 rings (SSSR count). The number of alkyl halides is 1. The molecule has 0 fully saturated rings. The van der Waals surface area contributed by atoms with Crippen molar-refractivity contribution in [2.24, 2.45) is 5.16 Å². The Bertz CT molecular complexity index is 1020. The van der Waals surface area contributed by atoms with Crippen LogP contribution >= 0.6 is 0 Å². The Morgan fingerprint density at radius 2 is 2.03 bits per heavy atom. The van der Waals surface area contributed by atoms with Crippen molar-refractivity contribution < 1.29 is 28.3 Å². The van der Waals surface area contributed by atoms with Crippen molar-refractivity contribution in [2.75, 3.05) is 13.3 Å². The second kappa shape index (κ2) is 9.63. The maximum Gasteiger partial charge on any atom is 0.308 e. The zero-order valence-corrected chi connectivity index (χ0v) is 17.4. The molecule has 9 heteroatoms. The molecule has 1 aromatic heterocycles. The molecule has 164 valence electrons. The molecule has 1 amide bonds. The summed E-state index contributed by atoms with van der Waals surface area (Å²) in [7, 11) is 0. The molecule has 1 aliphatic heterocycles. The number of rotatable bonds is 9. The summed E-state index contributed by atoms with van der Waals surface area (Å²) in [6.07, 6.45) is 1.56. The molecule has 0 radical (unpaired) electrons. The molecule has 1 aromatic carbocycles. The summed E-state index contributed by atoms with van der Waals surface area (Å²) in [6, 6.07) is 8.17. The highest BCUT2D eigenvalue weighted by Gasteiger charge is 2.47. The molecule has 0 spiro atoms. The van der Waals surface area contributed by atoms with Gasteiger partial charge in [0.05, 0.1) is 18.7 Å². The van der Waals surface area contributed by atoms with Crippen molar-refractivity contribution in [2.45, 2.75) is 44.8 Å². The van der Waals surface area contributed by atoms with E-state index >= 15 is 0 Å². The van der Waals surface area contributed by atoms with Crippen molar-refractivity contribution in [1.29, 1.82) is 0 Å². The lowest BCUT2D eigenvalue weighted by Gasteiger charge is -2.26. The van der Waals surface area contributed by atoms with E-state index in [0.717, 1.165) is 10.8 Å². The van der Waals surface area contributed by atoms with Crippen LogP contribution in [0, 0.1) is 0 Å². The third-order valence-electron chi connectivity index (χ3n) is 5.22. The SMILES string of the molecule is CCOC(=O)CC(NC(=O)C1(CC)CC(c2nccc3ccccc23)=NO1)C(=O)CF. The van der Waals surface area contributed by atoms with Gasteiger partial charge in [0, 0.05) is 18.0 Å². The first-order valence-corrected chi connectivity index (χ1v) is 10.1. The summed E-state index contributed by atoms with van der Waals surface area (Å²) in [6.45, 7) is 2.15. The number of ketones is 1. The first-order chi connectivity index (χ1) is 14.9. The normalized spacial score (nSPS) is 18.7. The lowest BCUT2D eigenvalue weighted by Crippen LogP contribution is -2.53. The number of fused-ring (bicyclic) bond motifs is 1. The average molecular weight is 429 g/mol. The number of nitrogens with one attached hydrogen (secondary N) is 1. The monoisotopic (exact) mass is 429 g/mol. The fourth-order valence-electron chi connectivity index (χ4n) is 3.44. The van der Waals surface area contributed by atoms with Gasteiger partial charge in [-0.15, -0.1) is 0 Å². The molecule has 0 bridgehead atoms. The van der Waals surface area contributed by atoms with Gasteiger partial charge in [0.25, 0.3) is 5.91 Å². The van der Waals surface area contributed by atoms with Crippen LogP contribution < -0.4 is 5.32 Å². The Morgan fingerprint density at radius 1 is 1.26 bits per heavy atom. The minimum atomic E-state index is -1.39. The molecule has 8 nitrogen and oxygen atoms in total. The highest BCUT2D eigenvalue weighted by molar-refractivity contribution is 6.12. The number of ether oxygens (including phenoxy) is 1. The van der Waals surface area contributed by atoms with E-state index < -0.39 is 42.4 Å². The Kier molecular flexibility index (Phi) is 6.94. The third-order valence-corrected chi connectivity index (χ3v) is 5.22. The number of oxime groups is 1. The number of hydrogen-bond donors (Lipinski definition) is 1. The molecular formula is C22H24FN3O5. The molecule has 2 atom stereocenters. The Balaban J connectivity index is 1.80. The lowest BCUT2D eigenvalue weighted by molar-refractivity contribution is -0.149. The summed E-state index contributed by atoms with van der Waals surface area (Å²) in [5.74, 6) is -2.27. The van der Waals surface area contributed by atoms with Crippen molar-refractivity contribution in [1.82, 2.24) is 10.3 Å². The smallest absolute Gasteiger partial charge is 0.308 e. The molecule has 2 unspecified atom stereocenters. The van der Waals surface area contributed by atoms with E-state index in [9.17, 15) is 18.8 Å². The van der Waals surface area contributed by atoms with E-state index in [4.69, 9.17) is 9.57 Å². The van der Waals surface area contributed by atoms with Gasteiger partial charge in [-0.25, -0.2) is 4.39 Å². The number of hydrogen-bond acceptors (Lipinski definition) is 7. The number of esters is 1. The van der Waals surface area contributed by atoms with Crippen LogP contribution in [0.3, 0.4) is 0 Å². The number of benzene rings is 1. The van der Waals surface area contributed by atoms with Crippen LogP contribution in [0.2, 0.25) is 0 Å². The van der Waals surface area contributed by atoms with E-state index in [0.29, 0.717) is 11.4 Å².